The normalized spacial score (nSPS) is 10.9. The van der Waals surface area contributed by atoms with E-state index in [-0.39, 0.29) is 5.91 Å². The second-order valence-electron chi connectivity index (χ2n) is 5.11. The van der Waals surface area contributed by atoms with Gasteiger partial charge in [-0.3, -0.25) is 9.78 Å². The minimum atomic E-state index is -0.138. The summed E-state index contributed by atoms with van der Waals surface area (Å²) >= 11 is 0. The van der Waals surface area contributed by atoms with Gasteiger partial charge in [-0.25, -0.2) is 0 Å². The van der Waals surface area contributed by atoms with Gasteiger partial charge in [-0.05, 0) is 36.4 Å². The number of aromatic nitrogens is 2. The van der Waals surface area contributed by atoms with Crippen molar-refractivity contribution in [1.29, 1.82) is 0 Å². The summed E-state index contributed by atoms with van der Waals surface area (Å²) in [5.74, 6) is -0.138. The quantitative estimate of drug-likeness (QED) is 0.586. The summed E-state index contributed by atoms with van der Waals surface area (Å²) in [6.45, 7) is 0. The van der Waals surface area contributed by atoms with E-state index in [1.165, 1.54) is 0 Å². The molecule has 2 aromatic heterocycles. The van der Waals surface area contributed by atoms with Crippen molar-refractivity contribution in [3.8, 4) is 0 Å². The molecule has 0 bridgehead atoms. The van der Waals surface area contributed by atoms with E-state index in [1.54, 1.807) is 6.20 Å². The lowest BCUT2D eigenvalue weighted by molar-refractivity contribution is 0.102. The highest BCUT2D eigenvalue weighted by Crippen LogP contribution is 2.22. The van der Waals surface area contributed by atoms with Crippen molar-refractivity contribution in [1.82, 2.24) is 9.97 Å². The van der Waals surface area contributed by atoms with Crippen molar-refractivity contribution in [3.63, 3.8) is 0 Å². The van der Waals surface area contributed by atoms with Gasteiger partial charge in [-0.1, -0.05) is 18.2 Å². The molecule has 0 aliphatic rings. The average Bonchev–Trinajstić information content (AvgIpc) is 3.02. The third-order valence-electron chi connectivity index (χ3n) is 3.70. The minimum absolute atomic E-state index is 0.138. The Morgan fingerprint density at radius 3 is 2.86 bits per heavy atom. The van der Waals surface area contributed by atoms with Crippen LogP contribution < -0.4 is 5.32 Å². The van der Waals surface area contributed by atoms with Crippen molar-refractivity contribution in [3.05, 3.63) is 72.6 Å². The molecule has 0 atom stereocenters. The Labute approximate surface area is 126 Å². The number of nitrogens with one attached hydrogen (secondary N) is 2. The first kappa shape index (κ1) is 12.6. The number of aromatic amines is 1. The summed E-state index contributed by atoms with van der Waals surface area (Å²) in [4.78, 5) is 19.9. The van der Waals surface area contributed by atoms with E-state index in [4.69, 9.17) is 0 Å². The highest BCUT2D eigenvalue weighted by molar-refractivity contribution is 6.09. The van der Waals surface area contributed by atoms with Gasteiger partial charge < -0.3 is 10.3 Å². The van der Waals surface area contributed by atoms with E-state index in [9.17, 15) is 4.79 Å². The fourth-order valence-electron chi connectivity index (χ4n) is 2.59. The zero-order chi connectivity index (χ0) is 14.9. The van der Waals surface area contributed by atoms with Crippen LogP contribution in [0.15, 0.2) is 67.0 Å². The lowest BCUT2D eigenvalue weighted by Gasteiger charge is -2.08. The Kier molecular flexibility index (Phi) is 2.86. The molecule has 0 spiro atoms. The average molecular weight is 287 g/mol. The molecule has 22 heavy (non-hydrogen) atoms. The summed E-state index contributed by atoms with van der Waals surface area (Å²) in [5.41, 5.74) is 3.15. The molecule has 0 radical (unpaired) electrons. The summed E-state index contributed by atoms with van der Waals surface area (Å²) in [5, 5.41) is 4.97. The van der Waals surface area contributed by atoms with E-state index >= 15 is 0 Å². The second-order valence-corrected chi connectivity index (χ2v) is 5.11. The van der Waals surface area contributed by atoms with Gasteiger partial charge in [0.1, 0.15) is 0 Å². The Balaban J connectivity index is 1.71. The van der Waals surface area contributed by atoms with Crippen LogP contribution in [0.5, 0.6) is 0 Å². The number of rotatable bonds is 2. The number of pyridine rings is 1. The number of nitrogens with zero attached hydrogens (tertiary/aromatic N) is 1. The molecule has 106 valence electrons. The molecule has 4 aromatic rings. The summed E-state index contributed by atoms with van der Waals surface area (Å²) in [6, 6.07) is 17.2. The topological polar surface area (TPSA) is 57.8 Å². The molecule has 4 rings (SSSR count). The Hall–Kier alpha value is -3.14. The van der Waals surface area contributed by atoms with Gasteiger partial charge in [0.15, 0.2) is 0 Å². The van der Waals surface area contributed by atoms with E-state index in [2.05, 4.69) is 15.3 Å². The van der Waals surface area contributed by atoms with Crippen LogP contribution in [0, 0.1) is 0 Å². The zero-order valence-corrected chi connectivity index (χ0v) is 11.7. The fraction of sp³-hybridized carbons (Fsp3) is 0. The van der Waals surface area contributed by atoms with E-state index in [1.807, 2.05) is 60.8 Å². The monoisotopic (exact) mass is 287 g/mol. The number of hydrogen-bond donors (Lipinski definition) is 2. The zero-order valence-electron chi connectivity index (χ0n) is 11.7. The minimum Gasteiger partial charge on any atom is -0.361 e. The molecule has 2 aromatic carbocycles. The molecule has 0 saturated carbocycles. The first-order chi connectivity index (χ1) is 10.8. The van der Waals surface area contributed by atoms with Crippen LogP contribution in [0.4, 0.5) is 5.69 Å². The summed E-state index contributed by atoms with van der Waals surface area (Å²) < 4.78 is 0. The molecular formula is C18H13N3O. The number of H-pyrrole nitrogens is 1. The molecule has 0 unspecified atom stereocenters. The molecule has 2 N–H and O–H groups in total. The third-order valence-corrected chi connectivity index (χ3v) is 3.70. The van der Waals surface area contributed by atoms with Gasteiger partial charge in [-0.2, -0.15) is 0 Å². The largest absolute Gasteiger partial charge is 0.361 e. The van der Waals surface area contributed by atoms with Gasteiger partial charge in [0, 0.05) is 34.2 Å². The molecule has 1 amide bonds. The number of carbonyl (C=O) groups excluding carboxylic acids is 1. The molecule has 2 heterocycles. The highest BCUT2D eigenvalue weighted by atomic mass is 16.1. The number of amides is 1. The maximum absolute atomic E-state index is 12.5. The van der Waals surface area contributed by atoms with E-state index in [0.717, 1.165) is 27.5 Å². The van der Waals surface area contributed by atoms with Gasteiger partial charge in [0.2, 0.25) is 0 Å². The molecule has 4 nitrogen and oxygen atoms in total. The molecule has 0 aliphatic heterocycles. The van der Waals surface area contributed by atoms with Crippen LogP contribution in [0.1, 0.15) is 10.4 Å². The Morgan fingerprint density at radius 2 is 1.91 bits per heavy atom. The number of fused-ring (bicyclic) bond motifs is 2. The van der Waals surface area contributed by atoms with Crippen LogP contribution in [0.3, 0.4) is 0 Å². The number of benzene rings is 2. The third kappa shape index (κ3) is 2.11. The lowest BCUT2D eigenvalue weighted by atomic mass is 10.1. The van der Waals surface area contributed by atoms with E-state index < -0.39 is 0 Å². The summed E-state index contributed by atoms with van der Waals surface area (Å²) in [7, 11) is 0. The molecule has 4 heteroatoms. The van der Waals surface area contributed by atoms with E-state index in [0.29, 0.717) is 5.56 Å². The van der Waals surface area contributed by atoms with Gasteiger partial charge in [0.05, 0.1) is 11.2 Å². The SMILES string of the molecule is O=C(Nc1cccc2cccnc12)c1ccc2[nH]ccc2c1. The smallest absolute Gasteiger partial charge is 0.255 e. The standard InChI is InChI=1S/C18H13N3O/c22-18(14-6-7-15-13(11-14)8-10-19-15)21-16-5-1-3-12-4-2-9-20-17(12)16/h1-11,19H,(H,21,22). The number of carbonyl (C=O) groups is 1. The van der Waals surface area contributed by atoms with Gasteiger partial charge in [-0.15, -0.1) is 0 Å². The molecule has 0 saturated heterocycles. The maximum Gasteiger partial charge on any atom is 0.255 e. The maximum atomic E-state index is 12.5. The number of para-hydroxylation sites is 1. The van der Waals surface area contributed by atoms with Crippen molar-refractivity contribution in [2.45, 2.75) is 0 Å². The van der Waals surface area contributed by atoms with Gasteiger partial charge >= 0.3 is 0 Å². The second kappa shape index (κ2) is 5.00. The van der Waals surface area contributed by atoms with Crippen LogP contribution >= 0.6 is 0 Å². The number of anilines is 1. The van der Waals surface area contributed by atoms with Crippen molar-refractivity contribution in [2.75, 3.05) is 5.32 Å². The lowest BCUT2D eigenvalue weighted by Crippen LogP contribution is -2.12. The number of hydrogen-bond acceptors (Lipinski definition) is 2. The highest BCUT2D eigenvalue weighted by Gasteiger charge is 2.09. The van der Waals surface area contributed by atoms with Crippen LogP contribution in [0.25, 0.3) is 21.8 Å². The Morgan fingerprint density at radius 1 is 1.00 bits per heavy atom. The first-order valence-corrected chi connectivity index (χ1v) is 7.03. The Bertz CT molecular complexity index is 982. The summed E-state index contributed by atoms with van der Waals surface area (Å²) in [6.07, 6.45) is 3.59. The van der Waals surface area contributed by atoms with Crippen molar-refractivity contribution >= 4 is 33.4 Å². The fourth-order valence-corrected chi connectivity index (χ4v) is 2.59. The van der Waals surface area contributed by atoms with Crippen LogP contribution in [-0.4, -0.2) is 15.9 Å². The molecule has 0 fully saturated rings. The predicted molar refractivity (Wildman–Crippen MR) is 88.0 cm³/mol. The van der Waals surface area contributed by atoms with Crippen molar-refractivity contribution in [2.24, 2.45) is 0 Å². The van der Waals surface area contributed by atoms with Gasteiger partial charge in [0.25, 0.3) is 5.91 Å². The van der Waals surface area contributed by atoms with Crippen molar-refractivity contribution < 1.29 is 4.79 Å². The van der Waals surface area contributed by atoms with Crippen LogP contribution in [0.2, 0.25) is 0 Å². The molecular weight excluding hydrogens is 274 g/mol. The van der Waals surface area contributed by atoms with Crippen LogP contribution in [-0.2, 0) is 0 Å². The first-order valence-electron chi connectivity index (χ1n) is 7.03. The predicted octanol–water partition coefficient (Wildman–Crippen LogP) is 3.97. The molecule has 0 aliphatic carbocycles.